The molecule has 2 aromatic heterocycles. The highest BCUT2D eigenvalue weighted by Crippen LogP contribution is 2.41. The van der Waals surface area contributed by atoms with Crippen LogP contribution in [0.1, 0.15) is 34.6 Å². The van der Waals surface area contributed by atoms with E-state index in [0.717, 1.165) is 25.5 Å². The first-order chi connectivity index (χ1) is 31.7. The number of aliphatic hydroxyl groups is 3. The van der Waals surface area contributed by atoms with Gasteiger partial charge in [-0.2, -0.15) is 4.98 Å². The minimum Gasteiger partial charge on any atom is -0.462 e. The molecular weight excluding hydrogens is 956 g/mol. The molecule has 2 unspecified atom stereocenters. The fourth-order valence-electron chi connectivity index (χ4n) is 7.39. The Morgan fingerprint density at radius 1 is 0.882 bits per heavy atom. The highest BCUT2D eigenvalue weighted by atomic mass is 35.5. The Balaban J connectivity index is 1.15. The zero-order valence-corrected chi connectivity index (χ0v) is 43.8. The number of aromatic nitrogens is 3. The Kier molecular flexibility index (Phi) is 17.0. The molecule has 68 heavy (non-hydrogen) atoms. The average molecular weight is 1020 g/mol. The molecule has 8 atom stereocenters. The van der Waals surface area contributed by atoms with Gasteiger partial charge in [-0.1, -0.05) is 88.4 Å². The number of rotatable bonds is 21. The van der Waals surface area contributed by atoms with Crippen molar-refractivity contribution in [2.75, 3.05) is 33.0 Å². The molecule has 0 spiro atoms. The standard InChI is InChI=1S/C46H65ClN4O14SSi2/c1-27(52)60-23-36(63-28(2)53)41(56)40(55)35(54)22-48-66(57,58)32-17-15-30(16-18-32)29-11-13-31(14-12-29)39-33(47)21-34-44(49-39)50-45(51(34)26-59-19-20-67(6,7)8)64-37-24-61-43-38(25-62-42(37)43)65-68(9,10)46(3,4)5/h11-18,21,35-38,40-43,48,54-56H,19-20,22-26H2,1-10H3/t35-,36+,37+,38?,40+,41+,42+,43?/m0/s1. The van der Waals surface area contributed by atoms with E-state index >= 15 is 0 Å². The van der Waals surface area contributed by atoms with Crippen molar-refractivity contribution in [2.45, 2.75) is 139 Å². The van der Waals surface area contributed by atoms with E-state index in [1.807, 2.05) is 28.8 Å². The lowest BCUT2D eigenvalue weighted by molar-refractivity contribution is -0.173. The summed E-state index contributed by atoms with van der Waals surface area (Å²) in [6, 6.07) is 16.5. The second-order valence-corrected chi connectivity index (χ2v) is 32.5. The maximum absolute atomic E-state index is 13.1. The molecule has 4 heterocycles. The molecule has 18 nitrogen and oxygen atoms in total. The zero-order chi connectivity index (χ0) is 49.9. The van der Waals surface area contributed by atoms with Crippen molar-refractivity contribution < 1.29 is 66.2 Å². The summed E-state index contributed by atoms with van der Waals surface area (Å²) in [5.74, 6) is -1.57. The third kappa shape index (κ3) is 13.1. The molecular formula is C46H65ClN4O14SSi2. The molecule has 0 amide bonds. The van der Waals surface area contributed by atoms with E-state index in [9.17, 15) is 33.3 Å². The van der Waals surface area contributed by atoms with Crippen molar-refractivity contribution in [3.05, 3.63) is 59.6 Å². The molecule has 2 aliphatic heterocycles. The van der Waals surface area contributed by atoms with Gasteiger partial charge in [-0.15, -0.1) is 0 Å². The molecule has 2 aromatic carbocycles. The first-order valence-corrected chi connectivity index (χ1v) is 31.0. The summed E-state index contributed by atoms with van der Waals surface area (Å²) in [5, 5.41) is 31.9. The Bertz CT molecular complexity index is 2500. The van der Waals surface area contributed by atoms with Crippen LogP contribution in [-0.2, 0) is 54.5 Å². The number of aliphatic hydroxyl groups excluding tert-OH is 3. The number of esters is 2. The van der Waals surface area contributed by atoms with Crippen molar-refractivity contribution in [3.63, 3.8) is 0 Å². The van der Waals surface area contributed by atoms with Gasteiger partial charge in [-0.25, -0.2) is 18.1 Å². The Labute approximate surface area is 404 Å². The van der Waals surface area contributed by atoms with Gasteiger partial charge in [0.05, 0.1) is 46.6 Å². The van der Waals surface area contributed by atoms with Gasteiger partial charge < -0.3 is 48.2 Å². The monoisotopic (exact) mass is 1020 g/mol. The Hall–Kier alpha value is -3.85. The van der Waals surface area contributed by atoms with Gasteiger partial charge in [0.2, 0.25) is 10.0 Å². The summed E-state index contributed by atoms with van der Waals surface area (Å²) >= 11 is 6.96. The summed E-state index contributed by atoms with van der Waals surface area (Å²) in [6.45, 7) is 20.3. The Morgan fingerprint density at radius 2 is 1.47 bits per heavy atom. The number of carbonyl (C=O) groups excluding carboxylic acids is 2. The number of imidazole rings is 1. The molecule has 22 heteroatoms. The number of pyridine rings is 1. The molecule has 2 aliphatic rings. The van der Waals surface area contributed by atoms with E-state index in [-0.39, 0.29) is 35.0 Å². The number of fused-ring (bicyclic) bond motifs is 2. The van der Waals surface area contributed by atoms with Gasteiger partial charge in [-0.3, -0.25) is 14.2 Å². The summed E-state index contributed by atoms with van der Waals surface area (Å²) < 4.78 is 72.1. The Morgan fingerprint density at radius 3 is 2.06 bits per heavy atom. The third-order valence-electron chi connectivity index (χ3n) is 12.4. The largest absolute Gasteiger partial charge is 0.462 e. The van der Waals surface area contributed by atoms with Crippen molar-refractivity contribution in [2.24, 2.45) is 0 Å². The van der Waals surface area contributed by atoms with E-state index in [1.165, 1.54) is 12.1 Å². The number of sulfonamides is 1. The van der Waals surface area contributed by atoms with E-state index in [4.69, 9.17) is 54.4 Å². The maximum atomic E-state index is 13.1. The first-order valence-electron chi connectivity index (χ1n) is 22.5. The smallest absolute Gasteiger partial charge is 0.303 e. The number of hydrogen-bond donors (Lipinski definition) is 4. The second-order valence-electron chi connectivity index (χ2n) is 20.0. The molecule has 2 saturated heterocycles. The van der Waals surface area contributed by atoms with Gasteiger partial charge in [0, 0.05) is 40.6 Å². The van der Waals surface area contributed by atoms with Gasteiger partial charge >= 0.3 is 17.9 Å². The van der Waals surface area contributed by atoms with Crippen molar-refractivity contribution in [1.82, 2.24) is 19.3 Å². The van der Waals surface area contributed by atoms with E-state index in [0.29, 0.717) is 58.8 Å². The van der Waals surface area contributed by atoms with Crippen LogP contribution in [0.25, 0.3) is 33.5 Å². The van der Waals surface area contributed by atoms with Gasteiger partial charge in [0.25, 0.3) is 0 Å². The number of nitrogens with one attached hydrogen (secondary N) is 1. The molecule has 0 bridgehead atoms. The van der Waals surface area contributed by atoms with Crippen LogP contribution in [-0.4, -0.2) is 148 Å². The van der Waals surface area contributed by atoms with E-state index in [2.05, 4.69) is 58.2 Å². The zero-order valence-electron chi connectivity index (χ0n) is 40.2. The molecule has 4 N–H and O–H groups in total. The van der Waals surface area contributed by atoms with Crippen LogP contribution in [0, 0.1) is 0 Å². The van der Waals surface area contributed by atoms with Gasteiger partial charge in [-0.05, 0) is 53.5 Å². The fourth-order valence-corrected chi connectivity index (χ4v) is 10.8. The summed E-state index contributed by atoms with van der Waals surface area (Å²) in [5.41, 5.74) is 3.72. The fraction of sp³-hybridized carbons (Fsp3) is 0.565. The minimum atomic E-state index is -4.20. The van der Waals surface area contributed by atoms with Crippen LogP contribution in [0.2, 0.25) is 48.8 Å². The van der Waals surface area contributed by atoms with Crippen LogP contribution < -0.4 is 9.46 Å². The summed E-state index contributed by atoms with van der Waals surface area (Å²) in [6.07, 6.45) is -8.47. The molecule has 374 valence electrons. The predicted octanol–water partition coefficient (Wildman–Crippen LogP) is 5.52. The lowest BCUT2D eigenvalue weighted by Gasteiger charge is -2.39. The number of nitrogens with zero attached hydrogens (tertiary/aromatic N) is 3. The third-order valence-corrected chi connectivity index (χ3v) is 20.3. The maximum Gasteiger partial charge on any atom is 0.303 e. The quantitative estimate of drug-likeness (QED) is 0.0457. The number of halogens is 1. The van der Waals surface area contributed by atoms with Crippen molar-refractivity contribution in [3.8, 4) is 28.4 Å². The lowest BCUT2D eigenvalue weighted by atomic mass is 10.0. The van der Waals surface area contributed by atoms with Crippen LogP contribution in [0.15, 0.2) is 59.5 Å². The topological polar surface area (TPSA) is 236 Å². The highest BCUT2D eigenvalue weighted by Gasteiger charge is 2.52. The first kappa shape index (κ1) is 53.5. The van der Waals surface area contributed by atoms with Crippen LogP contribution in [0.4, 0.5) is 0 Å². The normalized spacial score (nSPS) is 20.7. The van der Waals surface area contributed by atoms with Crippen LogP contribution in [0.5, 0.6) is 6.01 Å². The molecule has 2 fully saturated rings. The lowest BCUT2D eigenvalue weighted by Crippen LogP contribution is -2.51. The van der Waals surface area contributed by atoms with E-state index in [1.54, 1.807) is 18.2 Å². The molecule has 0 radical (unpaired) electrons. The van der Waals surface area contributed by atoms with Crippen LogP contribution in [0.3, 0.4) is 0 Å². The number of ether oxygens (including phenoxy) is 6. The molecule has 0 aliphatic carbocycles. The number of carbonyl (C=O) groups is 2. The van der Waals surface area contributed by atoms with Gasteiger partial charge in [0.15, 0.2) is 26.2 Å². The predicted molar refractivity (Wildman–Crippen MR) is 259 cm³/mol. The minimum absolute atomic E-state index is 0.0316. The van der Waals surface area contributed by atoms with Gasteiger partial charge in [0.1, 0.15) is 37.8 Å². The van der Waals surface area contributed by atoms with Crippen molar-refractivity contribution in [1.29, 1.82) is 0 Å². The SMILES string of the molecule is CC(=O)OC[C@@H](OC(C)=O)[C@@H](O)[C@H](O)[C@@H](O)CNS(=O)(=O)c1ccc(-c2ccc(-c3nc4nc(O[C@@H]5COC6C(O[Si](C)(C)C(C)(C)C)CO[C@@H]65)n(COCC[Si](C)(C)C)c4cc3Cl)cc2)cc1. The number of benzene rings is 2. The summed E-state index contributed by atoms with van der Waals surface area (Å²) in [4.78, 5) is 32.3. The molecule has 4 aromatic rings. The van der Waals surface area contributed by atoms with Crippen molar-refractivity contribution >= 4 is 61.1 Å². The average Bonchev–Trinajstić information content (AvgIpc) is 3.95. The number of hydrogen-bond acceptors (Lipinski definition) is 16. The second kappa shape index (κ2) is 21.7. The van der Waals surface area contributed by atoms with Crippen LogP contribution >= 0.6 is 11.6 Å². The molecule has 6 rings (SSSR count). The highest BCUT2D eigenvalue weighted by molar-refractivity contribution is 7.89. The molecule has 0 saturated carbocycles. The van der Waals surface area contributed by atoms with E-state index < -0.39 is 82.0 Å². The summed E-state index contributed by atoms with van der Waals surface area (Å²) in [7, 11) is -7.65.